The van der Waals surface area contributed by atoms with E-state index in [2.05, 4.69) is 15.8 Å². The Morgan fingerprint density at radius 1 is 1.19 bits per heavy atom. The highest BCUT2D eigenvalue weighted by Gasteiger charge is 2.07. The first-order valence-electron chi connectivity index (χ1n) is 7.94. The van der Waals surface area contributed by atoms with Crippen molar-refractivity contribution in [2.75, 3.05) is 13.7 Å². The van der Waals surface area contributed by atoms with Crippen LogP contribution in [0.3, 0.4) is 0 Å². The van der Waals surface area contributed by atoms with Crippen LogP contribution in [0.4, 0.5) is 5.69 Å². The summed E-state index contributed by atoms with van der Waals surface area (Å²) in [6.07, 6.45) is 1.41. The van der Waals surface area contributed by atoms with Gasteiger partial charge in [0, 0.05) is 17.7 Å². The molecule has 0 unspecified atom stereocenters. The quantitative estimate of drug-likeness (QED) is 0.413. The maximum absolute atomic E-state index is 11.8. The summed E-state index contributed by atoms with van der Waals surface area (Å²) in [6.45, 7) is -0.235. The van der Waals surface area contributed by atoms with Crippen molar-refractivity contribution in [3.63, 3.8) is 0 Å². The Morgan fingerprint density at radius 3 is 2.59 bits per heavy atom. The second-order valence-electron chi connectivity index (χ2n) is 5.45. The smallest absolute Gasteiger partial charge is 0.270 e. The fourth-order valence-corrected chi connectivity index (χ4v) is 2.11. The Balaban J connectivity index is 1.75. The minimum absolute atomic E-state index is 0.0731. The lowest BCUT2D eigenvalue weighted by Gasteiger charge is -2.05. The molecule has 0 fully saturated rings. The summed E-state index contributed by atoms with van der Waals surface area (Å²) in [5, 5.41) is 16.9. The van der Waals surface area contributed by atoms with Crippen molar-refractivity contribution in [2.45, 2.75) is 6.42 Å². The van der Waals surface area contributed by atoms with E-state index in [0.717, 1.165) is 5.56 Å². The highest BCUT2D eigenvalue weighted by molar-refractivity contribution is 5.87. The van der Waals surface area contributed by atoms with Gasteiger partial charge < -0.3 is 10.1 Å². The zero-order chi connectivity index (χ0) is 19.6. The van der Waals surface area contributed by atoms with Gasteiger partial charge in [-0.25, -0.2) is 5.43 Å². The van der Waals surface area contributed by atoms with Gasteiger partial charge in [-0.05, 0) is 17.7 Å². The molecule has 0 aliphatic rings. The van der Waals surface area contributed by atoms with E-state index >= 15 is 0 Å². The second-order valence-corrected chi connectivity index (χ2v) is 5.45. The summed E-state index contributed by atoms with van der Waals surface area (Å²) in [7, 11) is 1.56. The van der Waals surface area contributed by atoms with Gasteiger partial charge in [0.1, 0.15) is 5.75 Å². The molecule has 0 saturated heterocycles. The first-order valence-corrected chi connectivity index (χ1v) is 7.94. The van der Waals surface area contributed by atoms with Crippen LogP contribution in [0.15, 0.2) is 53.6 Å². The molecule has 2 N–H and O–H groups in total. The molecule has 9 heteroatoms. The summed E-state index contributed by atoms with van der Waals surface area (Å²) in [5.74, 6) is -0.127. The molecule has 0 aromatic heterocycles. The average molecular weight is 370 g/mol. The number of hydrazone groups is 1. The number of nitrogens with zero attached hydrogens (tertiary/aromatic N) is 2. The number of benzene rings is 2. The summed E-state index contributed by atoms with van der Waals surface area (Å²) < 4.78 is 5.04. The molecule has 9 nitrogen and oxygen atoms in total. The Bertz CT molecular complexity index is 849. The van der Waals surface area contributed by atoms with Crippen LogP contribution < -0.4 is 15.5 Å². The predicted molar refractivity (Wildman–Crippen MR) is 98.5 cm³/mol. The number of ether oxygens (including phenoxy) is 1. The van der Waals surface area contributed by atoms with Crippen LogP contribution in [0.2, 0.25) is 0 Å². The Kier molecular flexibility index (Phi) is 7.00. The van der Waals surface area contributed by atoms with Gasteiger partial charge in [-0.3, -0.25) is 19.7 Å². The van der Waals surface area contributed by atoms with E-state index in [9.17, 15) is 19.7 Å². The van der Waals surface area contributed by atoms with Crippen LogP contribution in [0, 0.1) is 10.1 Å². The first kappa shape index (κ1) is 19.6. The number of carbonyl (C=O) groups is 2. The molecule has 0 bridgehead atoms. The molecule has 0 saturated carbocycles. The third-order valence-electron chi connectivity index (χ3n) is 3.45. The third kappa shape index (κ3) is 6.58. The molecule has 0 spiro atoms. The van der Waals surface area contributed by atoms with E-state index in [1.54, 1.807) is 37.4 Å². The monoisotopic (exact) mass is 370 g/mol. The van der Waals surface area contributed by atoms with Crippen molar-refractivity contribution >= 4 is 23.7 Å². The van der Waals surface area contributed by atoms with Gasteiger partial charge in [0.15, 0.2) is 0 Å². The standard InChI is InChI=1S/C18H18N4O5/c1-27-16-7-5-13(6-8-16)10-17(23)19-12-18(24)21-20-11-14-3-2-4-15(9-14)22(25)26/h2-9,11H,10,12H2,1H3,(H,19,23)(H,21,24)/b20-11-. The van der Waals surface area contributed by atoms with E-state index in [1.165, 1.54) is 24.4 Å². The summed E-state index contributed by atoms with van der Waals surface area (Å²) in [6, 6.07) is 12.8. The van der Waals surface area contributed by atoms with Crippen molar-refractivity contribution < 1.29 is 19.2 Å². The van der Waals surface area contributed by atoms with Gasteiger partial charge in [0.2, 0.25) is 5.91 Å². The van der Waals surface area contributed by atoms with E-state index in [4.69, 9.17) is 4.74 Å². The minimum Gasteiger partial charge on any atom is -0.497 e. The maximum atomic E-state index is 11.8. The highest BCUT2D eigenvalue weighted by Crippen LogP contribution is 2.12. The van der Waals surface area contributed by atoms with E-state index in [-0.39, 0.29) is 24.6 Å². The SMILES string of the molecule is COc1ccc(CC(=O)NCC(=O)N/N=C\c2cccc([N+](=O)[O-])c2)cc1. The molecule has 0 heterocycles. The molecule has 2 aromatic rings. The number of nitro groups is 1. The molecule has 27 heavy (non-hydrogen) atoms. The Morgan fingerprint density at radius 2 is 1.93 bits per heavy atom. The van der Waals surface area contributed by atoms with Gasteiger partial charge in [-0.2, -0.15) is 5.10 Å². The average Bonchev–Trinajstić information content (AvgIpc) is 2.67. The van der Waals surface area contributed by atoms with Crippen LogP contribution in [-0.4, -0.2) is 36.6 Å². The van der Waals surface area contributed by atoms with Crippen molar-refractivity contribution in [3.05, 3.63) is 69.8 Å². The number of amides is 2. The number of methoxy groups -OCH3 is 1. The Labute approximate surface area is 155 Å². The maximum Gasteiger partial charge on any atom is 0.270 e. The largest absolute Gasteiger partial charge is 0.497 e. The molecule has 140 valence electrons. The number of nitrogens with one attached hydrogen (secondary N) is 2. The number of hydrogen-bond acceptors (Lipinski definition) is 6. The molecule has 2 aromatic carbocycles. The van der Waals surface area contributed by atoms with Crippen molar-refractivity contribution in [2.24, 2.45) is 5.10 Å². The number of non-ortho nitro benzene ring substituents is 1. The van der Waals surface area contributed by atoms with Crippen LogP contribution in [-0.2, 0) is 16.0 Å². The lowest BCUT2D eigenvalue weighted by atomic mass is 10.1. The molecule has 0 aliphatic heterocycles. The number of rotatable bonds is 8. The highest BCUT2D eigenvalue weighted by atomic mass is 16.6. The van der Waals surface area contributed by atoms with Crippen LogP contribution in [0.5, 0.6) is 5.75 Å². The predicted octanol–water partition coefficient (Wildman–Crippen LogP) is 1.41. The first-order chi connectivity index (χ1) is 13.0. The van der Waals surface area contributed by atoms with Crippen molar-refractivity contribution in [1.82, 2.24) is 10.7 Å². The van der Waals surface area contributed by atoms with Crippen molar-refractivity contribution in [3.8, 4) is 5.75 Å². The summed E-state index contributed by atoms with van der Waals surface area (Å²) in [4.78, 5) is 33.7. The summed E-state index contributed by atoms with van der Waals surface area (Å²) in [5.41, 5.74) is 3.43. The molecule has 2 amide bonds. The van der Waals surface area contributed by atoms with Gasteiger partial charge >= 0.3 is 0 Å². The topological polar surface area (TPSA) is 123 Å². The molecule has 0 atom stereocenters. The molecular weight excluding hydrogens is 352 g/mol. The minimum atomic E-state index is -0.520. The van der Waals surface area contributed by atoms with Crippen LogP contribution in [0.1, 0.15) is 11.1 Å². The van der Waals surface area contributed by atoms with E-state index < -0.39 is 10.8 Å². The zero-order valence-electron chi connectivity index (χ0n) is 14.5. The Hall–Kier alpha value is -3.75. The molecule has 0 radical (unpaired) electrons. The molecular formula is C18H18N4O5. The van der Waals surface area contributed by atoms with E-state index in [1.807, 2.05) is 0 Å². The lowest BCUT2D eigenvalue weighted by Crippen LogP contribution is -2.35. The lowest BCUT2D eigenvalue weighted by molar-refractivity contribution is -0.384. The fraction of sp³-hybridized carbons (Fsp3) is 0.167. The zero-order valence-corrected chi connectivity index (χ0v) is 14.5. The van der Waals surface area contributed by atoms with Gasteiger partial charge in [-0.1, -0.05) is 24.3 Å². The van der Waals surface area contributed by atoms with E-state index in [0.29, 0.717) is 11.3 Å². The third-order valence-corrected chi connectivity index (χ3v) is 3.45. The van der Waals surface area contributed by atoms with Gasteiger partial charge in [-0.15, -0.1) is 0 Å². The number of hydrogen-bond donors (Lipinski definition) is 2. The van der Waals surface area contributed by atoms with Crippen LogP contribution in [0.25, 0.3) is 0 Å². The van der Waals surface area contributed by atoms with Crippen molar-refractivity contribution in [1.29, 1.82) is 0 Å². The fourth-order valence-electron chi connectivity index (χ4n) is 2.11. The second kappa shape index (κ2) is 9.66. The molecule has 2 rings (SSSR count). The normalized spacial score (nSPS) is 10.4. The number of nitro benzene ring substituents is 1. The van der Waals surface area contributed by atoms with Crippen LogP contribution >= 0.6 is 0 Å². The summed E-state index contributed by atoms with van der Waals surface area (Å²) >= 11 is 0. The van der Waals surface area contributed by atoms with Gasteiger partial charge in [0.25, 0.3) is 11.6 Å². The van der Waals surface area contributed by atoms with Gasteiger partial charge in [0.05, 0.1) is 31.2 Å². The number of carbonyl (C=O) groups excluding carboxylic acids is 2. The molecule has 0 aliphatic carbocycles.